The second-order valence-corrected chi connectivity index (χ2v) is 26.4. The Morgan fingerprint density at radius 1 is 0.351 bits per heavy atom. The van der Waals surface area contributed by atoms with Crippen LogP contribution < -0.4 is 14.7 Å². The van der Waals surface area contributed by atoms with Crippen molar-refractivity contribution in [3.63, 3.8) is 0 Å². The number of aromatic nitrogens is 1. The molecule has 0 unspecified atom stereocenters. The normalized spacial score (nSPS) is 13.2. The SMILES string of the molecule is Cc1cc(N(c2ccccc2)c2cccc(N(c3ccc(C(C)(C)C)cc3)c3ccc(C(C)(C)C)cc3)c2)c(Cl)c(N2c3ccc(C(C)(C)C)cc3-n3c4ccc(C(C)(C)C)cc4c4cc(C(C)(C)C)cc2c43)c1. The molecule has 0 fully saturated rings. The summed E-state index contributed by atoms with van der Waals surface area (Å²) in [6.45, 7) is 36.6. The maximum absolute atomic E-state index is 8.22. The van der Waals surface area contributed by atoms with Crippen LogP contribution in [0, 0.1) is 6.92 Å². The van der Waals surface area contributed by atoms with Crippen LogP contribution in [0.1, 0.15) is 137 Å². The predicted octanol–water partition coefficient (Wildman–Crippen LogP) is 21.0. The molecule has 1 aromatic heterocycles. The predicted molar refractivity (Wildman–Crippen MR) is 322 cm³/mol. The van der Waals surface area contributed by atoms with Gasteiger partial charge in [0.15, 0.2) is 0 Å². The van der Waals surface area contributed by atoms with E-state index in [2.05, 4.69) is 294 Å². The Labute approximate surface area is 447 Å². The number of fused-ring (bicyclic) bond motifs is 5. The molecule has 0 saturated heterocycles. The number of hydrogen-bond donors (Lipinski definition) is 0. The Morgan fingerprint density at radius 2 is 0.811 bits per heavy atom. The lowest BCUT2D eigenvalue weighted by Gasteiger charge is -2.37. The van der Waals surface area contributed by atoms with Crippen LogP contribution in [0.5, 0.6) is 0 Å². The van der Waals surface area contributed by atoms with Crippen molar-refractivity contribution in [2.24, 2.45) is 0 Å². The monoisotopic (exact) mass is 995 g/mol. The van der Waals surface area contributed by atoms with Gasteiger partial charge in [-0.1, -0.05) is 176 Å². The van der Waals surface area contributed by atoms with Crippen LogP contribution in [0.3, 0.4) is 0 Å². The molecule has 0 N–H and O–H groups in total. The van der Waals surface area contributed by atoms with Gasteiger partial charge in [-0.3, -0.25) is 0 Å². The molecule has 74 heavy (non-hydrogen) atoms. The van der Waals surface area contributed by atoms with E-state index in [-0.39, 0.29) is 27.1 Å². The van der Waals surface area contributed by atoms with Gasteiger partial charge >= 0.3 is 0 Å². The zero-order valence-electron chi connectivity index (χ0n) is 46.8. The number of aryl methyl sites for hydroxylation is 1. The lowest BCUT2D eigenvalue weighted by atomic mass is 9.84. The first-order chi connectivity index (χ1) is 34.7. The van der Waals surface area contributed by atoms with Crippen molar-refractivity contribution >= 4 is 84.6 Å². The molecular formula is C69H75ClN4. The van der Waals surface area contributed by atoms with Gasteiger partial charge in [-0.2, -0.15) is 0 Å². The lowest BCUT2D eigenvalue weighted by molar-refractivity contribution is 0.589. The van der Waals surface area contributed by atoms with E-state index in [4.69, 9.17) is 11.6 Å². The van der Waals surface area contributed by atoms with Crippen molar-refractivity contribution in [2.45, 2.75) is 138 Å². The minimum Gasteiger partial charge on any atom is -0.310 e. The fraction of sp³-hybridized carbons (Fsp3) is 0.304. The number of nitrogens with zero attached hydrogens (tertiary/aromatic N) is 4. The summed E-state index contributed by atoms with van der Waals surface area (Å²) in [5.74, 6) is 0. The molecular weight excluding hydrogens is 920 g/mol. The van der Waals surface area contributed by atoms with Gasteiger partial charge in [0.2, 0.25) is 0 Å². The van der Waals surface area contributed by atoms with Gasteiger partial charge in [-0.05, 0) is 171 Å². The molecule has 1 aliphatic rings. The second-order valence-electron chi connectivity index (χ2n) is 26.0. The van der Waals surface area contributed by atoms with Crippen molar-refractivity contribution in [3.05, 3.63) is 202 Å². The van der Waals surface area contributed by atoms with Crippen molar-refractivity contribution in [1.29, 1.82) is 0 Å². The molecule has 378 valence electrons. The highest BCUT2D eigenvalue weighted by atomic mass is 35.5. The smallest absolute Gasteiger partial charge is 0.0887 e. The van der Waals surface area contributed by atoms with Crippen LogP contribution in [0.25, 0.3) is 27.5 Å². The van der Waals surface area contributed by atoms with Crippen LogP contribution in [-0.4, -0.2) is 4.57 Å². The zero-order chi connectivity index (χ0) is 53.0. The van der Waals surface area contributed by atoms with E-state index in [1.807, 2.05) is 0 Å². The average Bonchev–Trinajstić information content (AvgIpc) is 3.68. The van der Waals surface area contributed by atoms with Crippen molar-refractivity contribution < 1.29 is 0 Å². The summed E-state index contributed by atoms with van der Waals surface area (Å²) in [7, 11) is 0. The first-order valence-corrected chi connectivity index (χ1v) is 26.9. The number of hydrogen-bond acceptors (Lipinski definition) is 3. The van der Waals surface area contributed by atoms with E-state index in [1.54, 1.807) is 0 Å². The molecule has 0 spiro atoms. The highest BCUT2D eigenvalue weighted by molar-refractivity contribution is 6.37. The molecule has 9 aromatic rings. The summed E-state index contributed by atoms with van der Waals surface area (Å²) in [5.41, 5.74) is 20.3. The van der Waals surface area contributed by atoms with Gasteiger partial charge in [0.1, 0.15) is 0 Å². The maximum Gasteiger partial charge on any atom is 0.0887 e. The Hall–Kier alpha value is -6.75. The Kier molecular flexibility index (Phi) is 12.3. The molecule has 0 aliphatic carbocycles. The molecule has 0 amide bonds. The number of benzene rings is 8. The second kappa shape index (κ2) is 18.0. The van der Waals surface area contributed by atoms with Crippen molar-refractivity contribution in [2.75, 3.05) is 14.7 Å². The van der Waals surface area contributed by atoms with E-state index < -0.39 is 0 Å². The lowest BCUT2D eigenvalue weighted by Crippen LogP contribution is -2.22. The van der Waals surface area contributed by atoms with Crippen LogP contribution in [0.4, 0.5) is 51.2 Å². The van der Waals surface area contributed by atoms with Crippen LogP contribution in [-0.2, 0) is 27.1 Å². The summed E-state index contributed by atoms with van der Waals surface area (Å²) >= 11 is 8.22. The third kappa shape index (κ3) is 9.18. The fourth-order valence-electron chi connectivity index (χ4n) is 10.7. The van der Waals surface area contributed by atoms with Gasteiger partial charge in [-0.15, -0.1) is 0 Å². The summed E-state index contributed by atoms with van der Waals surface area (Å²) in [4.78, 5) is 7.18. The molecule has 0 atom stereocenters. The topological polar surface area (TPSA) is 14.7 Å². The van der Waals surface area contributed by atoms with Gasteiger partial charge in [-0.25, -0.2) is 0 Å². The summed E-state index contributed by atoms with van der Waals surface area (Å²) in [5, 5.41) is 3.18. The van der Waals surface area contributed by atoms with Crippen LogP contribution >= 0.6 is 11.6 Å². The number of para-hydroxylation sites is 1. The van der Waals surface area contributed by atoms with E-state index in [0.29, 0.717) is 5.02 Å². The minimum absolute atomic E-state index is 0.0140. The summed E-state index contributed by atoms with van der Waals surface area (Å²) in [6, 6.07) is 61.4. The van der Waals surface area contributed by atoms with E-state index in [1.165, 1.54) is 49.6 Å². The maximum atomic E-state index is 8.22. The standard InChI is InChI=1S/C69H75ClN4/c1-44-37-60(72(50-21-18-17-19-22-50)54-24-20-23-53(43-54)71(51-31-25-45(26-32-51)65(2,3)4)52-33-27-46(28-34-52)66(5,6)7)63(70)61(38-44)73-58-36-30-48(68(11,12)13)41-59(58)74-57-35-29-47(67(8,9)10)39-55(57)56-40-49(69(14,15)16)42-62(73)64(56)74/h17-43H,1-16H3. The molecule has 0 saturated carbocycles. The first kappa shape index (κ1) is 50.8. The zero-order valence-corrected chi connectivity index (χ0v) is 47.5. The third-order valence-corrected chi connectivity index (χ3v) is 15.5. The molecule has 5 heteroatoms. The van der Waals surface area contributed by atoms with E-state index in [0.717, 1.165) is 62.4 Å². The van der Waals surface area contributed by atoms with Gasteiger partial charge in [0.05, 0.1) is 44.5 Å². The molecule has 2 heterocycles. The fourth-order valence-corrected chi connectivity index (χ4v) is 11.0. The molecule has 1 aliphatic heterocycles. The van der Waals surface area contributed by atoms with E-state index in [9.17, 15) is 0 Å². The molecule has 10 rings (SSSR count). The van der Waals surface area contributed by atoms with Crippen molar-refractivity contribution in [3.8, 4) is 5.69 Å². The van der Waals surface area contributed by atoms with Gasteiger partial charge < -0.3 is 19.3 Å². The first-order valence-electron chi connectivity index (χ1n) is 26.5. The summed E-state index contributed by atoms with van der Waals surface area (Å²) in [6.07, 6.45) is 0. The van der Waals surface area contributed by atoms with Crippen molar-refractivity contribution in [1.82, 2.24) is 4.57 Å². The number of anilines is 9. The van der Waals surface area contributed by atoms with Gasteiger partial charge in [0, 0.05) is 39.2 Å². The average molecular weight is 996 g/mol. The molecule has 8 aromatic carbocycles. The Balaban J connectivity index is 1.22. The molecule has 0 radical (unpaired) electrons. The highest BCUT2D eigenvalue weighted by Gasteiger charge is 2.35. The molecule has 4 nitrogen and oxygen atoms in total. The summed E-state index contributed by atoms with van der Waals surface area (Å²) < 4.78 is 2.53. The Bertz CT molecular complexity index is 3520. The minimum atomic E-state index is -0.128. The van der Waals surface area contributed by atoms with Crippen LogP contribution in [0.15, 0.2) is 164 Å². The van der Waals surface area contributed by atoms with E-state index >= 15 is 0 Å². The van der Waals surface area contributed by atoms with Gasteiger partial charge in [0.25, 0.3) is 0 Å². The highest BCUT2D eigenvalue weighted by Crippen LogP contribution is 2.55. The number of rotatable bonds is 7. The van der Waals surface area contributed by atoms with Crippen LogP contribution in [0.2, 0.25) is 5.02 Å². The quantitative estimate of drug-likeness (QED) is 0.158. The third-order valence-electron chi connectivity index (χ3n) is 15.1. The largest absolute Gasteiger partial charge is 0.310 e. The Morgan fingerprint density at radius 3 is 1.36 bits per heavy atom. The number of halogens is 1. The molecule has 0 bridgehead atoms.